The number of aliphatic hydroxyl groups is 1. The van der Waals surface area contributed by atoms with E-state index in [2.05, 4.69) is 15.0 Å². The van der Waals surface area contributed by atoms with Gasteiger partial charge in [0.25, 0.3) is 0 Å². The van der Waals surface area contributed by atoms with E-state index in [1.54, 1.807) is 0 Å². The molecule has 0 amide bonds. The summed E-state index contributed by atoms with van der Waals surface area (Å²) >= 11 is 0. The fraction of sp³-hybridized carbons (Fsp3) is 0.579. The molecule has 6 nitrogen and oxygen atoms in total. The first-order valence-corrected chi connectivity index (χ1v) is 9.17. The van der Waals surface area contributed by atoms with Crippen molar-refractivity contribution < 1.29 is 14.4 Å². The summed E-state index contributed by atoms with van der Waals surface area (Å²) in [6.07, 6.45) is 3.91. The SMILES string of the molecule is O[C@@H](COCc1ccccc1)CN1CCC[C@@H]1c1noc(C2CC2)n1. The van der Waals surface area contributed by atoms with Gasteiger partial charge in [-0.3, -0.25) is 4.90 Å². The quantitative estimate of drug-likeness (QED) is 0.794. The minimum Gasteiger partial charge on any atom is -0.389 e. The van der Waals surface area contributed by atoms with Crippen LogP contribution < -0.4 is 0 Å². The van der Waals surface area contributed by atoms with Gasteiger partial charge in [-0.2, -0.15) is 4.98 Å². The summed E-state index contributed by atoms with van der Waals surface area (Å²) < 4.78 is 11.0. The van der Waals surface area contributed by atoms with Crippen LogP contribution >= 0.6 is 0 Å². The predicted octanol–water partition coefficient (Wildman–Crippen LogP) is 2.66. The highest BCUT2D eigenvalue weighted by molar-refractivity contribution is 5.13. The number of aromatic nitrogens is 2. The second kappa shape index (κ2) is 7.64. The summed E-state index contributed by atoms with van der Waals surface area (Å²) in [7, 11) is 0. The molecule has 1 saturated carbocycles. The number of benzene rings is 1. The first-order chi connectivity index (χ1) is 12.3. The van der Waals surface area contributed by atoms with Gasteiger partial charge in [0.2, 0.25) is 5.89 Å². The van der Waals surface area contributed by atoms with Gasteiger partial charge in [0, 0.05) is 12.5 Å². The molecule has 2 aliphatic rings. The Morgan fingerprint density at radius 1 is 1.24 bits per heavy atom. The maximum absolute atomic E-state index is 10.3. The van der Waals surface area contributed by atoms with Gasteiger partial charge in [-0.1, -0.05) is 35.5 Å². The third kappa shape index (κ3) is 4.26. The predicted molar refractivity (Wildman–Crippen MR) is 91.9 cm³/mol. The lowest BCUT2D eigenvalue weighted by atomic mass is 10.2. The second-order valence-corrected chi connectivity index (χ2v) is 7.07. The van der Waals surface area contributed by atoms with Crippen LogP contribution in [0, 0.1) is 0 Å². The highest BCUT2D eigenvalue weighted by Crippen LogP contribution is 2.40. The Labute approximate surface area is 147 Å². The van der Waals surface area contributed by atoms with Crippen LogP contribution in [-0.4, -0.2) is 45.9 Å². The largest absolute Gasteiger partial charge is 0.389 e. The molecule has 2 atom stereocenters. The molecule has 0 unspecified atom stereocenters. The summed E-state index contributed by atoms with van der Waals surface area (Å²) in [5.41, 5.74) is 1.12. The Morgan fingerprint density at radius 3 is 2.88 bits per heavy atom. The van der Waals surface area contributed by atoms with Crippen molar-refractivity contribution in [3.05, 3.63) is 47.6 Å². The van der Waals surface area contributed by atoms with Crippen molar-refractivity contribution in [3.63, 3.8) is 0 Å². The van der Waals surface area contributed by atoms with E-state index in [9.17, 15) is 5.11 Å². The molecule has 0 radical (unpaired) electrons. The lowest BCUT2D eigenvalue weighted by Crippen LogP contribution is -2.35. The van der Waals surface area contributed by atoms with Crippen LogP contribution in [-0.2, 0) is 11.3 Å². The van der Waals surface area contributed by atoms with Crippen molar-refractivity contribution >= 4 is 0 Å². The molecule has 1 N–H and O–H groups in total. The molecule has 134 valence electrons. The molecular weight excluding hydrogens is 318 g/mol. The normalized spacial score (nSPS) is 22.4. The minimum atomic E-state index is -0.515. The van der Waals surface area contributed by atoms with Gasteiger partial charge in [0.05, 0.1) is 25.4 Å². The van der Waals surface area contributed by atoms with Gasteiger partial charge in [-0.05, 0) is 37.8 Å². The van der Waals surface area contributed by atoms with Crippen LogP contribution in [0.5, 0.6) is 0 Å². The fourth-order valence-corrected chi connectivity index (χ4v) is 3.43. The number of hydrogen-bond donors (Lipinski definition) is 1. The lowest BCUT2D eigenvalue weighted by Gasteiger charge is -2.24. The van der Waals surface area contributed by atoms with Crippen molar-refractivity contribution in [2.24, 2.45) is 0 Å². The highest BCUT2D eigenvalue weighted by atomic mass is 16.5. The van der Waals surface area contributed by atoms with Crippen LogP contribution in [0.25, 0.3) is 0 Å². The topological polar surface area (TPSA) is 71.6 Å². The molecule has 1 aliphatic carbocycles. The van der Waals surface area contributed by atoms with E-state index in [1.807, 2.05) is 30.3 Å². The van der Waals surface area contributed by atoms with Gasteiger partial charge in [0.1, 0.15) is 0 Å². The van der Waals surface area contributed by atoms with E-state index in [0.717, 1.165) is 49.5 Å². The third-order valence-corrected chi connectivity index (χ3v) is 4.91. The molecule has 1 saturated heterocycles. The maximum atomic E-state index is 10.3. The zero-order valence-corrected chi connectivity index (χ0v) is 14.4. The summed E-state index contributed by atoms with van der Waals surface area (Å²) in [5, 5.41) is 14.5. The first kappa shape index (κ1) is 16.7. The van der Waals surface area contributed by atoms with E-state index < -0.39 is 6.10 Å². The molecule has 0 spiro atoms. The Bertz CT molecular complexity index is 672. The highest BCUT2D eigenvalue weighted by Gasteiger charge is 2.34. The molecule has 0 bridgehead atoms. The molecule has 6 heteroatoms. The Kier molecular flexibility index (Phi) is 5.10. The second-order valence-electron chi connectivity index (χ2n) is 7.07. The Morgan fingerprint density at radius 2 is 2.08 bits per heavy atom. The summed E-state index contributed by atoms with van der Waals surface area (Å²) in [6, 6.07) is 10.2. The van der Waals surface area contributed by atoms with E-state index in [-0.39, 0.29) is 6.04 Å². The number of likely N-dealkylation sites (tertiary alicyclic amines) is 1. The lowest BCUT2D eigenvalue weighted by molar-refractivity contribution is 0.00710. The average molecular weight is 343 g/mol. The molecule has 2 fully saturated rings. The Balaban J connectivity index is 1.26. The number of β-amino-alcohol motifs (C(OH)–C–C–N with tert-alkyl or cyclic N) is 1. The number of hydrogen-bond acceptors (Lipinski definition) is 6. The van der Waals surface area contributed by atoms with Gasteiger partial charge in [0.15, 0.2) is 5.82 Å². The fourth-order valence-electron chi connectivity index (χ4n) is 3.43. The van der Waals surface area contributed by atoms with E-state index in [1.165, 1.54) is 0 Å². The van der Waals surface area contributed by atoms with Crippen LogP contribution in [0.4, 0.5) is 0 Å². The van der Waals surface area contributed by atoms with Gasteiger partial charge >= 0.3 is 0 Å². The molecule has 25 heavy (non-hydrogen) atoms. The maximum Gasteiger partial charge on any atom is 0.229 e. The molecule has 1 aliphatic heterocycles. The zero-order valence-electron chi connectivity index (χ0n) is 14.4. The minimum absolute atomic E-state index is 0.153. The first-order valence-electron chi connectivity index (χ1n) is 9.17. The zero-order chi connectivity index (χ0) is 17.1. The smallest absolute Gasteiger partial charge is 0.229 e. The van der Waals surface area contributed by atoms with Gasteiger partial charge in [-0.15, -0.1) is 0 Å². The van der Waals surface area contributed by atoms with Gasteiger partial charge in [-0.25, -0.2) is 0 Å². The van der Waals surface area contributed by atoms with Crippen molar-refractivity contribution in [1.29, 1.82) is 0 Å². The molecule has 4 rings (SSSR count). The Hall–Kier alpha value is -1.76. The summed E-state index contributed by atoms with van der Waals surface area (Å²) in [5.74, 6) is 2.04. The number of nitrogens with zero attached hydrogens (tertiary/aromatic N) is 3. The van der Waals surface area contributed by atoms with Gasteiger partial charge < -0.3 is 14.4 Å². The monoisotopic (exact) mass is 343 g/mol. The molecule has 1 aromatic heterocycles. The van der Waals surface area contributed by atoms with E-state index in [0.29, 0.717) is 25.7 Å². The number of aliphatic hydroxyl groups excluding tert-OH is 1. The molecule has 1 aromatic carbocycles. The summed E-state index contributed by atoms with van der Waals surface area (Å²) in [6.45, 7) is 2.38. The molecular formula is C19H25N3O3. The van der Waals surface area contributed by atoms with E-state index in [4.69, 9.17) is 9.26 Å². The van der Waals surface area contributed by atoms with Crippen molar-refractivity contribution in [2.45, 2.75) is 50.4 Å². The van der Waals surface area contributed by atoms with Crippen molar-refractivity contribution in [1.82, 2.24) is 15.0 Å². The average Bonchev–Trinajstić information content (AvgIpc) is 3.18. The van der Waals surface area contributed by atoms with E-state index >= 15 is 0 Å². The number of ether oxygens (including phenoxy) is 1. The molecule has 2 heterocycles. The van der Waals surface area contributed by atoms with Crippen molar-refractivity contribution in [2.75, 3.05) is 19.7 Å². The molecule has 2 aromatic rings. The van der Waals surface area contributed by atoms with Crippen molar-refractivity contribution in [3.8, 4) is 0 Å². The van der Waals surface area contributed by atoms with Crippen LogP contribution in [0.1, 0.15) is 54.9 Å². The van der Waals surface area contributed by atoms with Crippen LogP contribution in [0.3, 0.4) is 0 Å². The summed E-state index contributed by atoms with van der Waals surface area (Å²) in [4.78, 5) is 6.83. The van der Waals surface area contributed by atoms with Crippen LogP contribution in [0.2, 0.25) is 0 Å². The van der Waals surface area contributed by atoms with Crippen LogP contribution in [0.15, 0.2) is 34.9 Å². The third-order valence-electron chi connectivity index (χ3n) is 4.91. The standard InChI is InChI=1S/C19H25N3O3/c23-16(13-24-12-14-5-2-1-3-6-14)11-22-10-4-7-17(22)18-20-19(25-21-18)15-8-9-15/h1-3,5-6,15-17,23H,4,7-13H2/t16-,17-/m1/s1. The number of rotatable bonds is 8.